The fourth-order valence-electron chi connectivity index (χ4n) is 1.27. The predicted octanol–water partition coefficient (Wildman–Crippen LogP) is 0.0110. The molecule has 1 amide bonds. The number of nitrogens with two attached hydrogens (primary N) is 1. The van der Waals surface area contributed by atoms with Crippen LogP contribution in [-0.2, 0) is 11.3 Å². The molecule has 1 aromatic rings. The number of primary amides is 1. The summed E-state index contributed by atoms with van der Waals surface area (Å²) in [4.78, 5) is 15.0. The van der Waals surface area contributed by atoms with E-state index in [0.29, 0.717) is 12.2 Å². The van der Waals surface area contributed by atoms with Crippen molar-refractivity contribution in [2.45, 2.75) is 6.54 Å². The molecule has 2 heterocycles. The molecule has 0 radical (unpaired) electrons. The molecule has 1 aliphatic rings. The predicted molar refractivity (Wildman–Crippen MR) is 48.2 cm³/mol. The molecule has 4 heteroatoms. The summed E-state index contributed by atoms with van der Waals surface area (Å²) in [5, 5.41) is 2.90. The number of nitrogens with one attached hydrogen (secondary N) is 1. The summed E-state index contributed by atoms with van der Waals surface area (Å²) in [6.07, 6.45) is 3.44. The van der Waals surface area contributed by atoms with Crippen LogP contribution in [0.5, 0.6) is 0 Å². The van der Waals surface area contributed by atoms with Gasteiger partial charge in [-0.15, -0.1) is 0 Å². The number of rotatable bonds is 1. The zero-order chi connectivity index (χ0) is 9.26. The molecule has 0 saturated carbocycles. The number of hydrogen-bond donors (Lipinski definition) is 2. The van der Waals surface area contributed by atoms with Crippen LogP contribution in [0.1, 0.15) is 11.3 Å². The largest absolute Gasteiger partial charge is 0.375 e. The fraction of sp³-hybridized carbons (Fsp3) is 0.111. The average molecular weight is 175 g/mol. The molecule has 66 valence electrons. The lowest BCUT2D eigenvalue weighted by Gasteiger charge is -2.14. The first-order chi connectivity index (χ1) is 6.27. The Kier molecular flexibility index (Phi) is 1.73. The first-order valence-electron chi connectivity index (χ1n) is 3.96. The van der Waals surface area contributed by atoms with Gasteiger partial charge < -0.3 is 11.1 Å². The van der Waals surface area contributed by atoms with Gasteiger partial charge in [0, 0.05) is 11.8 Å². The molecule has 0 spiro atoms. The van der Waals surface area contributed by atoms with Crippen LogP contribution >= 0.6 is 0 Å². The van der Waals surface area contributed by atoms with Crippen molar-refractivity contribution in [1.82, 2.24) is 10.3 Å². The Labute approximate surface area is 75.5 Å². The summed E-state index contributed by atoms with van der Waals surface area (Å²) in [6, 6.07) is 3.74. The second kappa shape index (κ2) is 2.90. The van der Waals surface area contributed by atoms with Crippen LogP contribution in [0.3, 0.4) is 0 Å². The minimum absolute atomic E-state index is 0.436. The van der Waals surface area contributed by atoms with E-state index in [4.69, 9.17) is 5.73 Å². The SMILES string of the molecule is NC(=O)C1=Cc2cccnc2CN1. The molecular weight excluding hydrogens is 166 g/mol. The van der Waals surface area contributed by atoms with Crippen molar-refractivity contribution in [3.63, 3.8) is 0 Å². The van der Waals surface area contributed by atoms with Crippen molar-refractivity contribution < 1.29 is 4.79 Å². The number of carbonyl (C=O) groups excluding carboxylic acids is 1. The molecule has 0 saturated heterocycles. The van der Waals surface area contributed by atoms with E-state index in [0.717, 1.165) is 11.3 Å². The molecule has 0 bridgehead atoms. The Morgan fingerprint density at radius 3 is 3.23 bits per heavy atom. The minimum Gasteiger partial charge on any atom is -0.375 e. The maximum Gasteiger partial charge on any atom is 0.264 e. The van der Waals surface area contributed by atoms with Crippen molar-refractivity contribution in [3.05, 3.63) is 35.3 Å². The topological polar surface area (TPSA) is 68.0 Å². The lowest BCUT2D eigenvalue weighted by molar-refractivity contribution is -0.114. The van der Waals surface area contributed by atoms with Gasteiger partial charge in [0.25, 0.3) is 5.91 Å². The molecule has 0 aliphatic carbocycles. The van der Waals surface area contributed by atoms with Gasteiger partial charge in [-0.2, -0.15) is 0 Å². The Morgan fingerprint density at radius 2 is 2.46 bits per heavy atom. The number of nitrogens with zero attached hydrogens (tertiary/aromatic N) is 1. The summed E-state index contributed by atoms with van der Waals surface area (Å²) >= 11 is 0. The zero-order valence-electron chi connectivity index (χ0n) is 6.95. The highest BCUT2D eigenvalue weighted by Gasteiger charge is 2.12. The Balaban J connectivity index is 2.44. The molecule has 3 N–H and O–H groups in total. The minimum atomic E-state index is -0.436. The molecule has 13 heavy (non-hydrogen) atoms. The lowest BCUT2D eigenvalue weighted by Crippen LogP contribution is -2.28. The molecule has 0 atom stereocenters. The van der Waals surface area contributed by atoms with Gasteiger partial charge in [-0.25, -0.2) is 0 Å². The number of pyridine rings is 1. The third-order valence-electron chi connectivity index (χ3n) is 1.94. The van der Waals surface area contributed by atoms with Crippen LogP contribution in [0.2, 0.25) is 0 Å². The summed E-state index contributed by atoms with van der Waals surface area (Å²) < 4.78 is 0. The Hall–Kier alpha value is -1.84. The van der Waals surface area contributed by atoms with Crippen LogP contribution in [0.25, 0.3) is 6.08 Å². The number of hydrogen-bond acceptors (Lipinski definition) is 3. The third-order valence-corrected chi connectivity index (χ3v) is 1.94. The second-order valence-corrected chi connectivity index (χ2v) is 2.82. The van der Waals surface area contributed by atoms with Crippen molar-refractivity contribution in [1.29, 1.82) is 0 Å². The number of amides is 1. The van der Waals surface area contributed by atoms with Gasteiger partial charge >= 0.3 is 0 Å². The molecular formula is C9H9N3O. The molecule has 1 aliphatic heterocycles. The van der Waals surface area contributed by atoms with Gasteiger partial charge in [0.05, 0.1) is 12.2 Å². The summed E-state index contributed by atoms with van der Waals surface area (Å²) in [6.45, 7) is 0.560. The van der Waals surface area contributed by atoms with Crippen LogP contribution in [0.15, 0.2) is 24.0 Å². The lowest BCUT2D eigenvalue weighted by atomic mass is 10.1. The number of fused-ring (bicyclic) bond motifs is 1. The summed E-state index contributed by atoms with van der Waals surface area (Å²) in [7, 11) is 0. The maximum atomic E-state index is 10.8. The molecule has 2 rings (SSSR count). The second-order valence-electron chi connectivity index (χ2n) is 2.82. The molecule has 0 aromatic carbocycles. The zero-order valence-corrected chi connectivity index (χ0v) is 6.95. The van der Waals surface area contributed by atoms with Gasteiger partial charge in [-0.05, 0) is 12.1 Å². The molecule has 0 unspecified atom stereocenters. The van der Waals surface area contributed by atoms with E-state index in [1.54, 1.807) is 12.3 Å². The van der Waals surface area contributed by atoms with Crippen molar-refractivity contribution in [3.8, 4) is 0 Å². The molecule has 0 fully saturated rings. The van der Waals surface area contributed by atoms with Crippen molar-refractivity contribution >= 4 is 12.0 Å². The van der Waals surface area contributed by atoms with Crippen LogP contribution in [0, 0.1) is 0 Å². The summed E-state index contributed by atoms with van der Waals surface area (Å²) in [5.74, 6) is -0.436. The van der Waals surface area contributed by atoms with Gasteiger partial charge in [0.2, 0.25) is 0 Å². The maximum absolute atomic E-state index is 10.8. The van der Waals surface area contributed by atoms with Crippen molar-refractivity contribution in [2.24, 2.45) is 5.73 Å². The molecule has 1 aromatic heterocycles. The van der Waals surface area contributed by atoms with Gasteiger partial charge in [0.1, 0.15) is 5.70 Å². The van der Waals surface area contributed by atoms with E-state index >= 15 is 0 Å². The van der Waals surface area contributed by atoms with E-state index < -0.39 is 5.91 Å². The number of carbonyl (C=O) groups is 1. The standard InChI is InChI=1S/C9H9N3O/c10-9(13)7-4-6-2-1-3-11-8(6)5-12-7/h1-4,12H,5H2,(H2,10,13). The highest BCUT2D eigenvalue weighted by molar-refractivity contribution is 5.96. The smallest absolute Gasteiger partial charge is 0.264 e. The van der Waals surface area contributed by atoms with Gasteiger partial charge in [0.15, 0.2) is 0 Å². The van der Waals surface area contributed by atoms with E-state index in [9.17, 15) is 4.79 Å². The first kappa shape index (κ1) is 7.79. The van der Waals surface area contributed by atoms with Crippen LogP contribution in [0.4, 0.5) is 0 Å². The van der Waals surface area contributed by atoms with Gasteiger partial charge in [-0.3, -0.25) is 9.78 Å². The average Bonchev–Trinajstić information content (AvgIpc) is 2.17. The highest BCUT2D eigenvalue weighted by atomic mass is 16.1. The highest BCUT2D eigenvalue weighted by Crippen LogP contribution is 2.14. The fourth-order valence-corrected chi connectivity index (χ4v) is 1.27. The van der Waals surface area contributed by atoms with E-state index in [2.05, 4.69) is 10.3 Å². The Bertz CT molecular complexity index is 384. The van der Waals surface area contributed by atoms with E-state index in [1.165, 1.54) is 0 Å². The quantitative estimate of drug-likeness (QED) is 0.631. The van der Waals surface area contributed by atoms with Gasteiger partial charge in [-0.1, -0.05) is 6.07 Å². The third kappa shape index (κ3) is 1.38. The monoisotopic (exact) mass is 175 g/mol. The first-order valence-corrected chi connectivity index (χ1v) is 3.96. The van der Waals surface area contributed by atoms with Crippen molar-refractivity contribution in [2.75, 3.05) is 0 Å². The molecule has 4 nitrogen and oxygen atoms in total. The normalized spacial score (nSPS) is 14.0. The van der Waals surface area contributed by atoms with Crippen LogP contribution < -0.4 is 11.1 Å². The number of aromatic nitrogens is 1. The van der Waals surface area contributed by atoms with E-state index in [-0.39, 0.29) is 0 Å². The Morgan fingerprint density at radius 1 is 1.62 bits per heavy atom. The van der Waals surface area contributed by atoms with E-state index in [1.807, 2.05) is 12.1 Å². The van der Waals surface area contributed by atoms with Crippen LogP contribution in [-0.4, -0.2) is 10.9 Å². The summed E-state index contributed by atoms with van der Waals surface area (Å²) in [5.41, 5.74) is 7.47.